The van der Waals surface area contributed by atoms with Crippen molar-refractivity contribution < 1.29 is 9.13 Å². The first-order valence-corrected chi connectivity index (χ1v) is 9.78. The highest BCUT2D eigenvalue weighted by Gasteiger charge is 2.42. The number of hydrogen-bond donors (Lipinski definition) is 0. The molecule has 30 heavy (non-hydrogen) atoms. The van der Waals surface area contributed by atoms with Crippen LogP contribution in [0, 0.1) is 5.82 Å². The molecule has 1 aliphatic rings. The predicted molar refractivity (Wildman–Crippen MR) is 112 cm³/mol. The lowest BCUT2D eigenvalue weighted by molar-refractivity contribution is 0.386. The molecule has 2 heterocycles. The lowest BCUT2D eigenvalue weighted by Gasteiger charge is -2.11. The number of benzene rings is 2. The van der Waals surface area contributed by atoms with Crippen LogP contribution in [0.1, 0.15) is 29.4 Å². The van der Waals surface area contributed by atoms with Crippen molar-refractivity contribution in [2.24, 2.45) is 0 Å². The van der Waals surface area contributed by atoms with Crippen molar-refractivity contribution in [3.63, 3.8) is 0 Å². The molecule has 0 N–H and O–H groups in total. The first-order chi connectivity index (χ1) is 14.7. The summed E-state index contributed by atoms with van der Waals surface area (Å²) in [5, 5.41) is 0. The Hall–Kier alpha value is -3.67. The van der Waals surface area contributed by atoms with E-state index in [0.717, 1.165) is 28.8 Å². The van der Waals surface area contributed by atoms with Gasteiger partial charge in [0, 0.05) is 29.7 Å². The fraction of sp³-hybridized carbons (Fsp3) is 0.167. The summed E-state index contributed by atoms with van der Waals surface area (Å²) in [5.41, 5.74) is 4.05. The van der Waals surface area contributed by atoms with E-state index in [4.69, 9.17) is 9.72 Å². The molecular weight excluding hydrogens is 379 g/mol. The van der Waals surface area contributed by atoms with Crippen LogP contribution in [0.25, 0.3) is 22.9 Å². The number of aromatic nitrogens is 4. The van der Waals surface area contributed by atoms with Crippen LogP contribution in [-0.4, -0.2) is 27.0 Å². The zero-order valence-corrected chi connectivity index (χ0v) is 16.4. The largest absolute Gasteiger partial charge is 0.494 e. The summed E-state index contributed by atoms with van der Waals surface area (Å²) >= 11 is 0. The first kappa shape index (κ1) is 18.4. The number of hydrogen-bond acceptors (Lipinski definition) is 5. The molecule has 2 aromatic heterocycles. The average Bonchev–Trinajstić information content (AvgIpc) is 3.61. The van der Waals surface area contributed by atoms with Gasteiger partial charge in [-0.1, -0.05) is 36.4 Å². The third-order valence-corrected chi connectivity index (χ3v) is 5.42. The SMILES string of the molecule is COc1cc(C2CC2c2cnc(-c3ncccn3)nc2-c2ccccc2)ccc1F. The lowest BCUT2D eigenvalue weighted by atomic mass is 10.0. The van der Waals surface area contributed by atoms with Gasteiger partial charge in [-0.05, 0) is 42.0 Å². The fourth-order valence-electron chi connectivity index (χ4n) is 3.83. The van der Waals surface area contributed by atoms with E-state index in [0.29, 0.717) is 11.6 Å². The Balaban J connectivity index is 1.54. The summed E-state index contributed by atoms with van der Waals surface area (Å²) in [4.78, 5) is 17.9. The Morgan fingerprint density at radius 2 is 1.70 bits per heavy atom. The molecule has 2 unspecified atom stereocenters. The Bertz CT molecular complexity index is 1180. The Kier molecular flexibility index (Phi) is 4.67. The van der Waals surface area contributed by atoms with Gasteiger partial charge in [0.15, 0.2) is 23.2 Å². The smallest absolute Gasteiger partial charge is 0.198 e. The molecule has 0 radical (unpaired) electrons. The second kappa shape index (κ2) is 7.63. The Labute approximate surface area is 173 Å². The number of rotatable bonds is 5. The molecule has 2 atom stereocenters. The second-order valence-corrected chi connectivity index (χ2v) is 7.28. The van der Waals surface area contributed by atoms with Gasteiger partial charge < -0.3 is 4.74 Å². The van der Waals surface area contributed by atoms with E-state index in [9.17, 15) is 4.39 Å². The van der Waals surface area contributed by atoms with Crippen molar-refractivity contribution >= 4 is 0 Å². The maximum atomic E-state index is 13.8. The quantitative estimate of drug-likeness (QED) is 0.472. The van der Waals surface area contributed by atoms with Gasteiger partial charge in [-0.2, -0.15) is 0 Å². The highest BCUT2D eigenvalue weighted by Crippen LogP contribution is 2.56. The number of nitrogens with zero attached hydrogens (tertiary/aromatic N) is 4. The molecule has 1 fully saturated rings. The van der Waals surface area contributed by atoms with E-state index in [1.54, 1.807) is 24.5 Å². The standard InChI is InChI=1S/C24H19FN4O/c1-30-21-12-16(8-9-20(21)25)17-13-18(17)19-14-28-24(23-26-10-5-11-27-23)29-22(19)15-6-3-2-4-7-15/h2-12,14,17-18H,13H2,1H3. The number of ether oxygens (including phenoxy) is 1. The van der Waals surface area contributed by atoms with Crippen LogP contribution in [-0.2, 0) is 0 Å². The van der Waals surface area contributed by atoms with Gasteiger partial charge in [0.1, 0.15) is 0 Å². The molecular formula is C24H19FN4O. The van der Waals surface area contributed by atoms with E-state index in [1.165, 1.54) is 13.2 Å². The summed E-state index contributed by atoms with van der Waals surface area (Å²) in [6.07, 6.45) is 6.20. The van der Waals surface area contributed by atoms with E-state index >= 15 is 0 Å². The molecule has 1 aliphatic carbocycles. The highest BCUT2D eigenvalue weighted by atomic mass is 19.1. The van der Waals surface area contributed by atoms with Gasteiger partial charge in [0.25, 0.3) is 0 Å². The van der Waals surface area contributed by atoms with Crippen molar-refractivity contribution in [3.8, 4) is 28.7 Å². The normalized spacial score (nSPS) is 17.5. The zero-order valence-electron chi connectivity index (χ0n) is 16.4. The molecule has 0 amide bonds. The second-order valence-electron chi connectivity index (χ2n) is 7.28. The highest BCUT2D eigenvalue weighted by molar-refractivity contribution is 5.67. The maximum Gasteiger partial charge on any atom is 0.198 e. The third kappa shape index (κ3) is 3.41. The van der Waals surface area contributed by atoms with Crippen LogP contribution >= 0.6 is 0 Å². The van der Waals surface area contributed by atoms with Gasteiger partial charge >= 0.3 is 0 Å². The summed E-state index contributed by atoms with van der Waals surface area (Å²) in [6, 6.07) is 16.9. The predicted octanol–water partition coefficient (Wildman–Crippen LogP) is 5.02. The topological polar surface area (TPSA) is 60.8 Å². The van der Waals surface area contributed by atoms with Crippen molar-refractivity contribution in [2.75, 3.05) is 7.11 Å². The van der Waals surface area contributed by atoms with Crippen molar-refractivity contribution in [1.82, 2.24) is 19.9 Å². The van der Waals surface area contributed by atoms with Gasteiger partial charge in [-0.3, -0.25) is 0 Å². The van der Waals surface area contributed by atoms with Crippen LogP contribution in [0.15, 0.2) is 73.2 Å². The van der Waals surface area contributed by atoms with E-state index < -0.39 is 0 Å². The van der Waals surface area contributed by atoms with Gasteiger partial charge in [-0.15, -0.1) is 0 Å². The molecule has 148 valence electrons. The van der Waals surface area contributed by atoms with Crippen LogP contribution in [0.2, 0.25) is 0 Å². The van der Waals surface area contributed by atoms with Crippen molar-refractivity contribution in [3.05, 3.63) is 90.1 Å². The maximum absolute atomic E-state index is 13.8. The summed E-state index contributed by atoms with van der Waals surface area (Å²) < 4.78 is 19.0. The Morgan fingerprint density at radius 3 is 2.47 bits per heavy atom. The van der Waals surface area contributed by atoms with Crippen LogP contribution < -0.4 is 4.74 Å². The summed E-state index contributed by atoms with van der Waals surface area (Å²) in [5.74, 6) is 1.47. The van der Waals surface area contributed by atoms with Gasteiger partial charge in [0.05, 0.1) is 12.8 Å². The first-order valence-electron chi connectivity index (χ1n) is 9.78. The molecule has 0 aliphatic heterocycles. The zero-order chi connectivity index (χ0) is 20.5. The third-order valence-electron chi connectivity index (χ3n) is 5.42. The molecule has 6 heteroatoms. The monoisotopic (exact) mass is 398 g/mol. The minimum Gasteiger partial charge on any atom is -0.494 e. The van der Waals surface area contributed by atoms with E-state index in [2.05, 4.69) is 15.0 Å². The average molecular weight is 398 g/mol. The van der Waals surface area contributed by atoms with Crippen LogP contribution in [0.3, 0.4) is 0 Å². The van der Waals surface area contributed by atoms with Crippen molar-refractivity contribution in [2.45, 2.75) is 18.3 Å². The van der Waals surface area contributed by atoms with E-state index in [-0.39, 0.29) is 23.4 Å². The van der Waals surface area contributed by atoms with Gasteiger partial charge in [-0.25, -0.2) is 24.3 Å². The van der Waals surface area contributed by atoms with E-state index in [1.807, 2.05) is 42.6 Å². The Morgan fingerprint density at radius 1 is 0.900 bits per heavy atom. The minimum atomic E-state index is -0.348. The van der Waals surface area contributed by atoms with Crippen molar-refractivity contribution in [1.29, 1.82) is 0 Å². The minimum absolute atomic E-state index is 0.265. The summed E-state index contributed by atoms with van der Waals surface area (Å²) in [7, 11) is 1.48. The molecule has 0 spiro atoms. The molecule has 5 rings (SSSR count). The molecule has 4 aromatic rings. The molecule has 2 aromatic carbocycles. The fourth-order valence-corrected chi connectivity index (χ4v) is 3.83. The molecule has 0 saturated heterocycles. The van der Waals surface area contributed by atoms with Crippen LogP contribution in [0.5, 0.6) is 5.75 Å². The molecule has 0 bridgehead atoms. The summed E-state index contributed by atoms with van der Waals surface area (Å²) in [6.45, 7) is 0. The molecule has 5 nitrogen and oxygen atoms in total. The van der Waals surface area contributed by atoms with Gasteiger partial charge in [0.2, 0.25) is 0 Å². The number of halogens is 1. The lowest BCUT2D eigenvalue weighted by Crippen LogP contribution is -2.00. The van der Waals surface area contributed by atoms with Crippen LogP contribution in [0.4, 0.5) is 4.39 Å². The number of methoxy groups -OCH3 is 1. The molecule has 1 saturated carbocycles.